The number of hydrogen-bond donors (Lipinski definition) is 2. The maximum Gasteiger partial charge on any atom is 0.223 e. The van der Waals surface area contributed by atoms with E-state index in [2.05, 4.69) is 26.1 Å². The van der Waals surface area contributed by atoms with Crippen molar-refractivity contribution >= 4 is 18.3 Å². The summed E-state index contributed by atoms with van der Waals surface area (Å²) in [7, 11) is 0. The minimum absolute atomic E-state index is 0. The lowest BCUT2D eigenvalue weighted by atomic mass is 10.0. The molecule has 1 amide bonds. The minimum atomic E-state index is 0. The van der Waals surface area contributed by atoms with E-state index < -0.39 is 0 Å². The van der Waals surface area contributed by atoms with Crippen LogP contribution in [0.5, 0.6) is 0 Å². The number of carbonyl (C=O) groups excluding carboxylic acids is 1. The number of nitrogens with one attached hydrogen (secondary N) is 1. The molecule has 3 N–H and O–H groups in total. The van der Waals surface area contributed by atoms with Crippen LogP contribution in [0.2, 0.25) is 0 Å². The van der Waals surface area contributed by atoms with Crippen molar-refractivity contribution in [3.8, 4) is 0 Å². The Hall–Kier alpha value is -0.280. The second-order valence-corrected chi connectivity index (χ2v) is 5.65. The summed E-state index contributed by atoms with van der Waals surface area (Å²) in [6.45, 7) is 6.52. The predicted molar refractivity (Wildman–Crippen MR) is 74.2 cm³/mol. The van der Waals surface area contributed by atoms with E-state index in [0.29, 0.717) is 12.0 Å². The summed E-state index contributed by atoms with van der Waals surface area (Å²) in [5.74, 6) is 1.08. The Kier molecular flexibility index (Phi) is 7.80. The Bertz CT molecular complexity index is 233. The second kappa shape index (κ2) is 7.93. The first kappa shape index (κ1) is 16.7. The molecule has 1 fully saturated rings. The van der Waals surface area contributed by atoms with Crippen LogP contribution in [0.1, 0.15) is 52.9 Å². The molecule has 0 heterocycles. The fourth-order valence-electron chi connectivity index (χ4n) is 2.27. The van der Waals surface area contributed by atoms with E-state index in [1.54, 1.807) is 0 Å². The molecule has 3 unspecified atom stereocenters. The van der Waals surface area contributed by atoms with E-state index in [1.165, 1.54) is 6.42 Å². The third-order valence-electron chi connectivity index (χ3n) is 3.41. The summed E-state index contributed by atoms with van der Waals surface area (Å²) in [5, 5.41) is 3.10. The molecule has 3 atom stereocenters. The van der Waals surface area contributed by atoms with Gasteiger partial charge in [0.2, 0.25) is 5.91 Å². The average molecular weight is 263 g/mol. The summed E-state index contributed by atoms with van der Waals surface area (Å²) in [6, 6.07) is 0.536. The van der Waals surface area contributed by atoms with Crippen LogP contribution in [0.25, 0.3) is 0 Å². The van der Waals surface area contributed by atoms with Gasteiger partial charge in [-0.2, -0.15) is 0 Å². The van der Waals surface area contributed by atoms with Crippen molar-refractivity contribution in [2.75, 3.05) is 0 Å². The molecule has 0 radical (unpaired) electrons. The Morgan fingerprint density at radius 3 is 2.41 bits per heavy atom. The SMILES string of the molecule is CC(C)CCC(C)NC(=O)C1CCC(N)C1.Cl. The molecule has 1 rings (SSSR count). The normalized spacial score (nSPS) is 25.5. The molecule has 0 saturated heterocycles. The number of rotatable bonds is 5. The highest BCUT2D eigenvalue weighted by Gasteiger charge is 2.28. The molecule has 0 aromatic rings. The molecular formula is C13H27ClN2O. The smallest absolute Gasteiger partial charge is 0.223 e. The fraction of sp³-hybridized carbons (Fsp3) is 0.923. The molecule has 0 aromatic heterocycles. The molecule has 0 aromatic carbocycles. The quantitative estimate of drug-likeness (QED) is 0.800. The highest BCUT2D eigenvalue weighted by molar-refractivity contribution is 5.85. The van der Waals surface area contributed by atoms with Gasteiger partial charge in [-0.15, -0.1) is 12.4 Å². The predicted octanol–water partition coefficient (Wildman–Crippen LogP) is 2.48. The van der Waals surface area contributed by atoms with Gasteiger partial charge in [-0.25, -0.2) is 0 Å². The minimum Gasteiger partial charge on any atom is -0.353 e. The Labute approximate surface area is 111 Å². The lowest BCUT2D eigenvalue weighted by Crippen LogP contribution is -2.37. The maximum atomic E-state index is 11.9. The number of amides is 1. The number of hydrogen-bond acceptors (Lipinski definition) is 2. The van der Waals surface area contributed by atoms with Crippen molar-refractivity contribution in [1.82, 2.24) is 5.32 Å². The third-order valence-corrected chi connectivity index (χ3v) is 3.41. The zero-order chi connectivity index (χ0) is 12.1. The number of carbonyl (C=O) groups is 1. The Morgan fingerprint density at radius 2 is 1.94 bits per heavy atom. The molecule has 102 valence electrons. The Balaban J connectivity index is 0.00000256. The summed E-state index contributed by atoms with van der Waals surface area (Å²) < 4.78 is 0. The van der Waals surface area contributed by atoms with E-state index in [1.807, 2.05) is 0 Å². The average Bonchev–Trinajstić information content (AvgIpc) is 2.62. The molecule has 3 nitrogen and oxygen atoms in total. The van der Waals surface area contributed by atoms with Gasteiger partial charge in [-0.05, 0) is 44.9 Å². The molecule has 1 aliphatic carbocycles. The highest BCUT2D eigenvalue weighted by Crippen LogP contribution is 2.24. The molecule has 1 saturated carbocycles. The monoisotopic (exact) mass is 262 g/mol. The summed E-state index contributed by atoms with van der Waals surface area (Å²) in [4.78, 5) is 11.9. The molecule has 0 aliphatic heterocycles. The van der Waals surface area contributed by atoms with Crippen LogP contribution in [-0.4, -0.2) is 18.0 Å². The molecule has 0 spiro atoms. The topological polar surface area (TPSA) is 55.1 Å². The maximum absolute atomic E-state index is 11.9. The zero-order valence-electron chi connectivity index (χ0n) is 11.2. The van der Waals surface area contributed by atoms with E-state index in [0.717, 1.165) is 25.7 Å². The second-order valence-electron chi connectivity index (χ2n) is 5.65. The third kappa shape index (κ3) is 6.27. The summed E-state index contributed by atoms with van der Waals surface area (Å²) in [5.41, 5.74) is 5.81. The van der Waals surface area contributed by atoms with Crippen molar-refractivity contribution in [2.24, 2.45) is 17.6 Å². The lowest BCUT2D eigenvalue weighted by molar-refractivity contribution is -0.125. The van der Waals surface area contributed by atoms with Crippen LogP contribution >= 0.6 is 12.4 Å². The van der Waals surface area contributed by atoms with Crippen molar-refractivity contribution in [2.45, 2.75) is 65.0 Å². The number of halogens is 1. The fourth-order valence-corrected chi connectivity index (χ4v) is 2.27. The van der Waals surface area contributed by atoms with Crippen molar-refractivity contribution in [3.05, 3.63) is 0 Å². The van der Waals surface area contributed by atoms with Gasteiger partial charge in [-0.3, -0.25) is 4.79 Å². The van der Waals surface area contributed by atoms with Crippen LogP contribution in [0.3, 0.4) is 0 Å². The van der Waals surface area contributed by atoms with E-state index >= 15 is 0 Å². The van der Waals surface area contributed by atoms with Crippen LogP contribution in [-0.2, 0) is 4.79 Å². The van der Waals surface area contributed by atoms with Gasteiger partial charge < -0.3 is 11.1 Å². The summed E-state index contributed by atoms with van der Waals surface area (Å²) >= 11 is 0. The van der Waals surface area contributed by atoms with Gasteiger partial charge in [-0.1, -0.05) is 13.8 Å². The zero-order valence-corrected chi connectivity index (χ0v) is 12.1. The van der Waals surface area contributed by atoms with Gasteiger partial charge in [0, 0.05) is 18.0 Å². The van der Waals surface area contributed by atoms with Gasteiger partial charge in [0.1, 0.15) is 0 Å². The first-order valence-corrected chi connectivity index (χ1v) is 6.55. The lowest BCUT2D eigenvalue weighted by Gasteiger charge is -2.17. The van der Waals surface area contributed by atoms with Gasteiger partial charge in [0.25, 0.3) is 0 Å². The largest absolute Gasteiger partial charge is 0.353 e. The van der Waals surface area contributed by atoms with Crippen molar-refractivity contribution in [1.29, 1.82) is 0 Å². The molecule has 4 heteroatoms. The van der Waals surface area contributed by atoms with Crippen molar-refractivity contribution < 1.29 is 4.79 Å². The van der Waals surface area contributed by atoms with Gasteiger partial charge in [0.05, 0.1) is 0 Å². The van der Waals surface area contributed by atoms with E-state index in [-0.39, 0.29) is 30.3 Å². The highest BCUT2D eigenvalue weighted by atomic mass is 35.5. The van der Waals surface area contributed by atoms with Gasteiger partial charge in [0.15, 0.2) is 0 Å². The first-order valence-electron chi connectivity index (χ1n) is 6.55. The molecular weight excluding hydrogens is 236 g/mol. The first-order chi connectivity index (χ1) is 7.49. The molecule has 17 heavy (non-hydrogen) atoms. The van der Waals surface area contributed by atoms with Crippen LogP contribution < -0.4 is 11.1 Å². The van der Waals surface area contributed by atoms with E-state index in [9.17, 15) is 4.79 Å². The Morgan fingerprint density at radius 1 is 1.29 bits per heavy atom. The molecule has 0 bridgehead atoms. The van der Waals surface area contributed by atoms with Crippen molar-refractivity contribution in [3.63, 3.8) is 0 Å². The van der Waals surface area contributed by atoms with Gasteiger partial charge >= 0.3 is 0 Å². The van der Waals surface area contributed by atoms with Crippen LogP contribution in [0.4, 0.5) is 0 Å². The standard InChI is InChI=1S/C13H26N2O.ClH/c1-9(2)4-5-10(3)15-13(16)11-6-7-12(14)8-11;/h9-12H,4-8,14H2,1-3H3,(H,15,16);1H. The van der Waals surface area contributed by atoms with Crippen LogP contribution in [0, 0.1) is 11.8 Å². The number of nitrogens with two attached hydrogens (primary N) is 1. The van der Waals surface area contributed by atoms with Crippen LogP contribution in [0.15, 0.2) is 0 Å². The summed E-state index contributed by atoms with van der Waals surface area (Å²) in [6.07, 6.45) is 5.07. The molecule has 1 aliphatic rings. The van der Waals surface area contributed by atoms with E-state index in [4.69, 9.17) is 5.73 Å².